The average Bonchev–Trinajstić information content (AvgIpc) is 3.18. The predicted octanol–water partition coefficient (Wildman–Crippen LogP) is 0.728. The molecule has 4 heterocycles. The third kappa shape index (κ3) is 3.37. The number of hydrogen-bond donors (Lipinski definition) is 1. The summed E-state index contributed by atoms with van der Waals surface area (Å²) in [6, 6.07) is 0.0442. The molecule has 2 aromatic heterocycles. The van der Waals surface area contributed by atoms with Crippen LogP contribution < -0.4 is 5.32 Å². The number of imidazole rings is 1. The summed E-state index contributed by atoms with van der Waals surface area (Å²) in [5.41, 5.74) is -0.335. The summed E-state index contributed by atoms with van der Waals surface area (Å²) in [5, 5.41) is 2.93. The first-order chi connectivity index (χ1) is 13.5. The number of likely N-dealkylation sites (tertiary alicyclic amines) is 1. The van der Waals surface area contributed by atoms with E-state index in [-0.39, 0.29) is 17.9 Å². The maximum atomic E-state index is 12.7. The van der Waals surface area contributed by atoms with Crippen LogP contribution in [0.4, 0.5) is 0 Å². The molecule has 4 rings (SSSR count). The normalized spacial score (nSPS) is 20.8. The van der Waals surface area contributed by atoms with E-state index in [1.165, 1.54) is 12.4 Å². The number of nitrogens with zero attached hydrogens (tertiary/aromatic N) is 5. The van der Waals surface area contributed by atoms with Crippen molar-refractivity contribution < 1.29 is 14.3 Å². The summed E-state index contributed by atoms with van der Waals surface area (Å²) in [7, 11) is 0. The van der Waals surface area contributed by atoms with Gasteiger partial charge >= 0.3 is 0 Å². The van der Waals surface area contributed by atoms with Crippen molar-refractivity contribution in [3.63, 3.8) is 0 Å². The van der Waals surface area contributed by atoms with Gasteiger partial charge in [-0.1, -0.05) is 0 Å². The molecule has 1 spiro atoms. The highest BCUT2D eigenvalue weighted by atomic mass is 16.5. The lowest BCUT2D eigenvalue weighted by Gasteiger charge is -2.45. The summed E-state index contributed by atoms with van der Waals surface area (Å²) >= 11 is 0. The predicted molar refractivity (Wildman–Crippen MR) is 99.2 cm³/mol. The molecule has 9 nitrogen and oxygen atoms in total. The van der Waals surface area contributed by atoms with Gasteiger partial charge in [0.15, 0.2) is 6.10 Å². The van der Waals surface area contributed by atoms with Crippen molar-refractivity contribution in [2.75, 3.05) is 13.1 Å². The summed E-state index contributed by atoms with van der Waals surface area (Å²) in [6.07, 6.45) is 8.71. The number of carbonyl (C=O) groups is 2. The van der Waals surface area contributed by atoms with Crippen molar-refractivity contribution in [3.8, 4) is 0 Å². The molecule has 0 unspecified atom stereocenters. The largest absolute Gasteiger partial charge is 0.352 e. The van der Waals surface area contributed by atoms with Gasteiger partial charge in [-0.05, 0) is 13.8 Å². The van der Waals surface area contributed by atoms with E-state index in [4.69, 9.17) is 4.74 Å². The van der Waals surface area contributed by atoms with Crippen molar-refractivity contribution in [1.82, 2.24) is 29.7 Å². The Labute approximate surface area is 163 Å². The first kappa shape index (κ1) is 18.5. The van der Waals surface area contributed by atoms with Gasteiger partial charge < -0.3 is 19.5 Å². The average molecular weight is 384 g/mol. The monoisotopic (exact) mass is 384 g/mol. The minimum atomic E-state index is -0.667. The lowest BCUT2D eigenvalue weighted by atomic mass is 9.88. The van der Waals surface area contributed by atoms with E-state index in [9.17, 15) is 9.59 Å². The SMILES string of the molecule is CC(C)NC(=O)[C@@H]1Cn2ccnc2C2(CCN(C(=O)c3cnccn3)CC2)O1. The molecule has 1 N–H and O–H groups in total. The molecule has 0 saturated carbocycles. The summed E-state index contributed by atoms with van der Waals surface area (Å²) in [6.45, 7) is 5.30. The Morgan fingerprint density at radius 2 is 2.00 bits per heavy atom. The van der Waals surface area contributed by atoms with Gasteiger partial charge in [0, 0.05) is 56.8 Å². The van der Waals surface area contributed by atoms with E-state index in [2.05, 4.69) is 20.3 Å². The van der Waals surface area contributed by atoms with Gasteiger partial charge in [-0.3, -0.25) is 14.6 Å². The standard InChI is InChI=1S/C19H24N6O3/c1-13(2)23-16(26)15-12-25-10-7-22-18(25)19(28-15)3-8-24(9-4-19)17(27)14-11-20-5-6-21-14/h5-7,10-11,13,15H,3-4,8-9,12H2,1-2H3,(H,23,26)/t15-/m0/s1. The molecule has 148 valence electrons. The molecule has 0 aromatic carbocycles. The van der Waals surface area contributed by atoms with Crippen LogP contribution in [0.1, 0.15) is 43.0 Å². The van der Waals surface area contributed by atoms with Crippen LogP contribution >= 0.6 is 0 Å². The van der Waals surface area contributed by atoms with Crippen molar-refractivity contribution in [1.29, 1.82) is 0 Å². The zero-order valence-electron chi connectivity index (χ0n) is 16.0. The van der Waals surface area contributed by atoms with Crippen molar-refractivity contribution in [2.45, 2.75) is 51.0 Å². The second-order valence-corrected chi connectivity index (χ2v) is 7.55. The summed E-state index contributed by atoms with van der Waals surface area (Å²) in [4.78, 5) is 39.5. The van der Waals surface area contributed by atoms with Crippen LogP contribution in [-0.2, 0) is 21.7 Å². The van der Waals surface area contributed by atoms with Crippen LogP contribution in [0.5, 0.6) is 0 Å². The van der Waals surface area contributed by atoms with Crippen LogP contribution in [0.3, 0.4) is 0 Å². The molecule has 1 saturated heterocycles. The van der Waals surface area contributed by atoms with Crippen molar-refractivity contribution in [3.05, 3.63) is 42.5 Å². The first-order valence-electron chi connectivity index (χ1n) is 9.53. The van der Waals surface area contributed by atoms with Gasteiger partial charge in [-0.15, -0.1) is 0 Å². The second-order valence-electron chi connectivity index (χ2n) is 7.55. The highest BCUT2D eigenvalue weighted by Crippen LogP contribution is 2.40. The molecule has 1 fully saturated rings. The fourth-order valence-corrected chi connectivity index (χ4v) is 3.89. The quantitative estimate of drug-likeness (QED) is 0.837. The maximum Gasteiger partial charge on any atom is 0.274 e. The Bertz CT molecular complexity index is 858. The lowest BCUT2D eigenvalue weighted by molar-refractivity contribution is -0.172. The van der Waals surface area contributed by atoms with Crippen molar-refractivity contribution in [2.24, 2.45) is 0 Å². The number of nitrogens with one attached hydrogen (secondary N) is 1. The highest BCUT2D eigenvalue weighted by molar-refractivity contribution is 5.92. The lowest BCUT2D eigenvalue weighted by Crippen LogP contribution is -2.55. The molecule has 0 bridgehead atoms. The minimum Gasteiger partial charge on any atom is -0.352 e. The topological polar surface area (TPSA) is 102 Å². The number of amides is 2. The molecule has 0 aliphatic carbocycles. The van der Waals surface area contributed by atoms with Crippen LogP contribution in [0.2, 0.25) is 0 Å². The van der Waals surface area contributed by atoms with E-state index in [0.29, 0.717) is 38.2 Å². The Balaban J connectivity index is 1.52. The van der Waals surface area contributed by atoms with Crippen LogP contribution in [0.25, 0.3) is 0 Å². The van der Waals surface area contributed by atoms with Crippen LogP contribution in [0, 0.1) is 0 Å². The van der Waals surface area contributed by atoms with Gasteiger partial charge in [-0.25, -0.2) is 9.97 Å². The highest BCUT2D eigenvalue weighted by Gasteiger charge is 2.47. The zero-order valence-corrected chi connectivity index (χ0v) is 16.0. The van der Waals surface area contributed by atoms with E-state index in [1.54, 1.807) is 17.3 Å². The number of piperidine rings is 1. The third-order valence-corrected chi connectivity index (χ3v) is 5.22. The van der Waals surface area contributed by atoms with E-state index < -0.39 is 11.7 Å². The number of aromatic nitrogens is 4. The smallest absolute Gasteiger partial charge is 0.274 e. The number of rotatable bonds is 3. The number of ether oxygens (including phenoxy) is 1. The Hall–Kier alpha value is -2.81. The van der Waals surface area contributed by atoms with Gasteiger partial charge in [0.2, 0.25) is 0 Å². The molecule has 2 aliphatic rings. The minimum absolute atomic E-state index is 0.0442. The van der Waals surface area contributed by atoms with Gasteiger partial charge in [-0.2, -0.15) is 0 Å². The Morgan fingerprint density at radius 3 is 2.68 bits per heavy atom. The zero-order chi connectivity index (χ0) is 19.7. The van der Waals surface area contributed by atoms with Gasteiger partial charge in [0.05, 0.1) is 12.7 Å². The maximum absolute atomic E-state index is 12.7. The molecule has 2 aromatic rings. The van der Waals surface area contributed by atoms with Crippen LogP contribution in [0.15, 0.2) is 31.0 Å². The van der Waals surface area contributed by atoms with Crippen molar-refractivity contribution >= 4 is 11.8 Å². The van der Waals surface area contributed by atoms with E-state index in [1.807, 2.05) is 24.6 Å². The second kappa shape index (κ2) is 7.31. The molecule has 9 heteroatoms. The van der Waals surface area contributed by atoms with E-state index in [0.717, 1.165) is 5.82 Å². The fourth-order valence-electron chi connectivity index (χ4n) is 3.89. The molecule has 2 amide bonds. The molecular weight excluding hydrogens is 360 g/mol. The molecule has 28 heavy (non-hydrogen) atoms. The fraction of sp³-hybridized carbons (Fsp3) is 0.526. The first-order valence-corrected chi connectivity index (χ1v) is 9.53. The number of carbonyl (C=O) groups excluding carboxylic acids is 2. The molecule has 0 radical (unpaired) electrons. The summed E-state index contributed by atoms with van der Waals surface area (Å²) < 4.78 is 8.33. The van der Waals surface area contributed by atoms with Gasteiger partial charge in [0.1, 0.15) is 17.1 Å². The van der Waals surface area contributed by atoms with Gasteiger partial charge in [0.25, 0.3) is 11.8 Å². The Morgan fingerprint density at radius 1 is 1.21 bits per heavy atom. The summed E-state index contributed by atoms with van der Waals surface area (Å²) in [5.74, 6) is 0.565. The molecule has 1 atom stereocenters. The van der Waals surface area contributed by atoms with E-state index >= 15 is 0 Å². The van der Waals surface area contributed by atoms with Crippen LogP contribution in [-0.4, -0.2) is 61.5 Å². The molecular formula is C19H24N6O3. The number of fused-ring (bicyclic) bond motifs is 2. The third-order valence-electron chi connectivity index (χ3n) is 5.22. The number of hydrogen-bond acceptors (Lipinski definition) is 6. The Kier molecular flexibility index (Phi) is 4.84. The molecule has 2 aliphatic heterocycles.